The van der Waals surface area contributed by atoms with Crippen molar-refractivity contribution in [1.82, 2.24) is 0 Å². The molecular formula is C12H13FO2. The van der Waals surface area contributed by atoms with Gasteiger partial charge in [0.05, 0.1) is 0 Å². The highest BCUT2D eigenvalue weighted by atomic mass is 19.1. The molecule has 1 heterocycles. The smallest absolute Gasteiger partial charge is 0.134 e. The summed E-state index contributed by atoms with van der Waals surface area (Å²) in [6, 6.07) is 6.00. The summed E-state index contributed by atoms with van der Waals surface area (Å²) in [5.74, 6) is 0.273. The second-order valence-electron chi connectivity index (χ2n) is 4.02. The van der Waals surface area contributed by atoms with Crippen LogP contribution in [0.2, 0.25) is 0 Å². The fraction of sp³-hybridized carbons (Fsp3) is 0.333. The zero-order chi connectivity index (χ0) is 11.0. The predicted molar refractivity (Wildman–Crippen MR) is 56.0 cm³/mol. The highest BCUT2D eigenvalue weighted by Gasteiger charge is 2.16. The van der Waals surface area contributed by atoms with Crippen LogP contribution in [0, 0.1) is 11.7 Å². The first kappa shape index (κ1) is 10.2. The van der Waals surface area contributed by atoms with Crippen LogP contribution in [0.15, 0.2) is 28.7 Å². The monoisotopic (exact) mass is 208 g/mol. The number of aliphatic hydroxyl groups excluding tert-OH is 1. The minimum atomic E-state index is -0.638. The molecule has 0 saturated heterocycles. The van der Waals surface area contributed by atoms with E-state index in [9.17, 15) is 9.50 Å². The van der Waals surface area contributed by atoms with Gasteiger partial charge in [-0.3, -0.25) is 0 Å². The maximum atomic E-state index is 12.9. The first-order valence-electron chi connectivity index (χ1n) is 4.95. The van der Waals surface area contributed by atoms with E-state index in [0.29, 0.717) is 16.7 Å². The zero-order valence-electron chi connectivity index (χ0n) is 8.70. The van der Waals surface area contributed by atoms with E-state index in [0.717, 1.165) is 0 Å². The molecule has 1 N–H and O–H groups in total. The van der Waals surface area contributed by atoms with E-state index in [1.54, 1.807) is 12.1 Å². The molecule has 2 aromatic rings. The highest BCUT2D eigenvalue weighted by Crippen LogP contribution is 2.28. The van der Waals surface area contributed by atoms with Gasteiger partial charge >= 0.3 is 0 Å². The van der Waals surface area contributed by atoms with Crippen LogP contribution in [0.1, 0.15) is 25.7 Å². The van der Waals surface area contributed by atoms with Gasteiger partial charge in [0.25, 0.3) is 0 Å². The summed E-state index contributed by atoms with van der Waals surface area (Å²) in [6.45, 7) is 3.80. The number of benzene rings is 1. The van der Waals surface area contributed by atoms with Crippen molar-refractivity contribution in [2.45, 2.75) is 20.0 Å². The summed E-state index contributed by atoms with van der Waals surface area (Å²) in [5.41, 5.74) is 0.603. The minimum Gasteiger partial charge on any atom is -0.458 e. The molecule has 0 bridgehead atoms. The SMILES string of the molecule is CC(C)C(O)c1cc2cc(F)ccc2o1. The van der Waals surface area contributed by atoms with Crippen LogP contribution in [-0.2, 0) is 0 Å². The molecule has 0 amide bonds. The van der Waals surface area contributed by atoms with E-state index in [-0.39, 0.29) is 11.7 Å². The summed E-state index contributed by atoms with van der Waals surface area (Å²) in [6.07, 6.45) is -0.638. The summed E-state index contributed by atoms with van der Waals surface area (Å²) in [4.78, 5) is 0. The van der Waals surface area contributed by atoms with Crippen molar-refractivity contribution in [2.75, 3.05) is 0 Å². The number of hydrogen-bond acceptors (Lipinski definition) is 2. The lowest BCUT2D eigenvalue weighted by molar-refractivity contribution is 0.104. The second-order valence-corrected chi connectivity index (χ2v) is 4.02. The van der Waals surface area contributed by atoms with Crippen molar-refractivity contribution >= 4 is 11.0 Å². The van der Waals surface area contributed by atoms with Gasteiger partial charge in [0.2, 0.25) is 0 Å². The van der Waals surface area contributed by atoms with E-state index in [2.05, 4.69) is 0 Å². The number of rotatable bonds is 2. The Morgan fingerprint density at radius 1 is 1.27 bits per heavy atom. The van der Waals surface area contributed by atoms with Gasteiger partial charge < -0.3 is 9.52 Å². The molecule has 1 aromatic carbocycles. The molecule has 0 aliphatic carbocycles. The quantitative estimate of drug-likeness (QED) is 0.821. The second kappa shape index (κ2) is 3.66. The minimum absolute atomic E-state index is 0.0791. The molecule has 0 radical (unpaired) electrons. The Bertz CT molecular complexity index is 473. The highest BCUT2D eigenvalue weighted by molar-refractivity contribution is 5.77. The fourth-order valence-corrected chi connectivity index (χ4v) is 1.51. The van der Waals surface area contributed by atoms with Gasteiger partial charge in [-0.05, 0) is 30.2 Å². The first-order chi connectivity index (χ1) is 7.08. The maximum Gasteiger partial charge on any atom is 0.134 e. The van der Waals surface area contributed by atoms with Crippen LogP contribution >= 0.6 is 0 Å². The average molecular weight is 208 g/mol. The van der Waals surface area contributed by atoms with E-state index in [4.69, 9.17) is 4.42 Å². The van der Waals surface area contributed by atoms with Gasteiger partial charge in [-0.15, -0.1) is 0 Å². The van der Waals surface area contributed by atoms with Gasteiger partial charge in [-0.2, -0.15) is 0 Å². The van der Waals surface area contributed by atoms with Gasteiger partial charge in [-0.1, -0.05) is 13.8 Å². The van der Waals surface area contributed by atoms with Crippen molar-refractivity contribution < 1.29 is 13.9 Å². The van der Waals surface area contributed by atoms with Crippen molar-refractivity contribution in [3.63, 3.8) is 0 Å². The van der Waals surface area contributed by atoms with Gasteiger partial charge in [0.1, 0.15) is 23.3 Å². The molecule has 1 atom stereocenters. The number of hydrogen-bond donors (Lipinski definition) is 1. The van der Waals surface area contributed by atoms with E-state index >= 15 is 0 Å². The maximum absolute atomic E-state index is 12.9. The van der Waals surface area contributed by atoms with Crippen molar-refractivity contribution in [3.8, 4) is 0 Å². The molecule has 0 aliphatic heterocycles. The molecule has 15 heavy (non-hydrogen) atoms. The topological polar surface area (TPSA) is 33.4 Å². The summed E-state index contributed by atoms with van der Waals surface area (Å²) >= 11 is 0. The van der Waals surface area contributed by atoms with E-state index in [1.807, 2.05) is 13.8 Å². The predicted octanol–water partition coefficient (Wildman–Crippen LogP) is 3.26. The fourth-order valence-electron chi connectivity index (χ4n) is 1.51. The van der Waals surface area contributed by atoms with Crippen LogP contribution in [0.25, 0.3) is 11.0 Å². The zero-order valence-corrected chi connectivity index (χ0v) is 8.70. The molecule has 2 rings (SSSR count). The normalized spacial score (nSPS) is 13.7. The Hall–Kier alpha value is -1.35. The van der Waals surface area contributed by atoms with Crippen LogP contribution < -0.4 is 0 Å². The molecule has 2 nitrogen and oxygen atoms in total. The van der Waals surface area contributed by atoms with Crippen molar-refractivity contribution in [3.05, 3.63) is 35.8 Å². The largest absolute Gasteiger partial charge is 0.458 e. The van der Waals surface area contributed by atoms with Crippen LogP contribution in [0.4, 0.5) is 4.39 Å². The molecular weight excluding hydrogens is 195 g/mol. The third kappa shape index (κ3) is 1.88. The van der Waals surface area contributed by atoms with E-state index in [1.165, 1.54) is 12.1 Å². The lowest BCUT2D eigenvalue weighted by Gasteiger charge is -2.10. The van der Waals surface area contributed by atoms with Crippen LogP contribution in [-0.4, -0.2) is 5.11 Å². The van der Waals surface area contributed by atoms with E-state index < -0.39 is 6.10 Å². The number of aliphatic hydroxyl groups is 1. The molecule has 0 aliphatic rings. The third-order valence-corrected chi connectivity index (χ3v) is 2.42. The molecule has 3 heteroatoms. The first-order valence-corrected chi connectivity index (χ1v) is 4.95. The third-order valence-electron chi connectivity index (χ3n) is 2.42. The molecule has 0 fully saturated rings. The lowest BCUT2D eigenvalue weighted by atomic mass is 10.1. The lowest BCUT2D eigenvalue weighted by Crippen LogP contribution is -2.03. The summed E-state index contributed by atoms with van der Waals surface area (Å²) in [7, 11) is 0. The summed E-state index contributed by atoms with van der Waals surface area (Å²) < 4.78 is 18.3. The van der Waals surface area contributed by atoms with Crippen LogP contribution in [0.5, 0.6) is 0 Å². The number of fused-ring (bicyclic) bond motifs is 1. The van der Waals surface area contributed by atoms with Gasteiger partial charge in [-0.25, -0.2) is 4.39 Å². The molecule has 1 aromatic heterocycles. The molecule has 80 valence electrons. The van der Waals surface area contributed by atoms with Crippen molar-refractivity contribution in [1.29, 1.82) is 0 Å². The Balaban J connectivity index is 2.47. The Kier molecular flexibility index (Phi) is 2.49. The van der Waals surface area contributed by atoms with Gasteiger partial charge in [0.15, 0.2) is 0 Å². The molecule has 1 unspecified atom stereocenters. The Morgan fingerprint density at radius 3 is 2.67 bits per heavy atom. The van der Waals surface area contributed by atoms with Crippen molar-refractivity contribution in [2.24, 2.45) is 5.92 Å². The standard InChI is InChI=1S/C12H13FO2/c1-7(2)12(14)11-6-8-5-9(13)3-4-10(8)15-11/h3-7,12,14H,1-2H3. The Labute approximate surface area is 87.3 Å². The van der Waals surface area contributed by atoms with Gasteiger partial charge in [0, 0.05) is 5.39 Å². The number of furan rings is 1. The molecule has 0 spiro atoms. The molecule has 0 saturated carbocycles. The summed E-state index contributed by atoms with van der Waals surface area (Å²) in [5, 5.41) is 10.5. The van der Waals surface area contributed by atoms with Crippen LogP contribution in [0.3, 0.4) is 0 Å². The number of halogens is 1. The Morgan fingerprint density at radius 2 is 2.00 bits per heavy atom. The average Bonchev–Trinajstić information content (AvgIpc) is 2.58.